The summed E-state index contributed by atoms with van der Waals surface area (Å²) in [4.78, 5) is 2.03. The molecule has 0 fully saturated rings. The van der Waals surface area contributed by atoms with Gasteiger partial charge in [0.15, 0.2) is 0 Å². The van der Waals surface area contributed by atoms with Crippen LogP contribution in [0.5, 0.6) is 5.75 Å². The Bertz CT molecular complexity index is 532. The van der Waals surface area contributed by atoms with E-state index in [9.17, 15) is 4.39 Å². The number of benzene rings is 1. The van der Waals surface area contributed by atoms with E-state index in [0.29, 0.717) is 30.6 Å². The minimum absolute atomic E-state index is 0.294. The summed E-state index contributed by atoms with van der Waals surface area (Å²) in [5.74, 6) is 0.243. The molecule has 6 heteroatoms. The number of rotatable bonds is 6. The summed E-state index contributed by atoms with van der Waals surface area (Å²) in [7, 11) is 1.95. The van der Waals surface area contributed by atoms with Crippen LogP contribution in [0.4, 0.5) is 4.39 Å². The first-order valence-corrected chi connectivity index (χ1v) is 6.26. The molecule has 0 N–H and O–H groups in total. The van der Waals surface area contributed by atoms with E-state index in [1.165, 1.54) is 12.1 Å². The van der Waals surface area contributed by atoms with Gasteiger partial charge in [-0.25, -0.2) is 4.39 Å². The molecule has 0 aliphatic heterocycles. The van der Waals surface area contributed by atoms with Crippen LogP contribution in [0, 0.1) is 5.82 Å². The van der Waals surface area contributed by atoms with Crippen LogP contribution in [0.3, 0.4) is 0 Å². The van der Waals surface area contributed by atoms with Crippen LogP contribution in [0.1, 0.15) is 0 Å². The van der Waals surface area contributed by atoms with E-state index in [0.717, 1.165) is 0 Å². The molecule has 0 saturated carbocycles. The van der Waals surface area contributed by atoms with E-state index in [1.807, 2.05) is 11.9 Å². The highest BCUT2D eigenvalue weighted by molar-refractivity contribution is 6.30. The van der Waals surface area contributed by atoms with Crippen molar-refractivity contribution in [3.8, 4) is 5.75 Å². The molecule has 0 amide bonds. The maximum atomic E-state index is 12.9. The Balaban J connectivity index is 1.73. The Hall–Kier alpha value is -1.59. The number of nitrogens with zero attached hydrogens (tertiary/aromatic N) is 3. The van der Waals surface area contributed by atoms with Crippen LogP contribution in [0.2, 0.25) is 5.02 Å². The molecule has 0 spiro atoms. The lowest BCUT2D eigenvalue weighted by Gasteiger charge is -2.16. The van der Waals surface area contributed by atoms with Gasteiger partial charge in [0.05, 0.1) is 17.9 Å². The second-order valence-electron chi connectivity index (χ2n) is 4.22. The molecule has 0 unspecified atom stereocenters. The Morgan fingerprint density at radius 2 is 2.32 bits per heavy atom. The van der Waals surface area contributed by atoms with Gasteiger partial charge in [0.2, 0.25) is 0 Å². The minimum Gasteiger partial charge on any atom is -0.492 e. The number of hydrogen-bond donors (Lipinski definition) is 0. The van der Waals surface area contributed by atoms with Crippen LogP contribution < -0.4 is 4.74 Å². The highest BCUT2D eigenvalue weighted by atomic mass is 35.5. The highest BCUT2D eigenvalue weighted by Gasteiger charge is 2.02. The average Bonchev–Trinajstić information content (AvgIpc) is 2.75. The van der Waals surface area contributed by atoms with E-state index < -0.39 is 0 Å². The van der Waals surface area contributed by atoms with Gasteiger partial charge in [-0.1, -0.05) is 17.7 Å². The first-order chi connectivity index (χ1) is 9.13. The Morgan fingerprint density at radius 3 is 3.00 bits per heavy atom. The zero-order valence-corrected chi connectivity index (χ0v) is 11.3. The smallest absolute Gasteiger partial charge is 0.126 e. The maximum Gasteiger partial charge on any atom is 0.126 e. The quantitative estimate of drug-likeness (QED) is 0.816. The Kier molecular flexibility index (Phi) is 4.76. The van der Waals surface area contributed by atoms with Gasteiger partial charge in [-0.3, -0.25) is 9.58 Å². The lowest BCUT2D eigenvalue weighted by atomic mass is 10.3. The Morgan fingerprint density at radius 1 is 1.47 bits per heavy atom. The molecule has 0 radical (unpaired) electrons. The van der Waals surface area contributed by atoms with Crippen LogP contribution in [-0.2, 0) is 6.67 Å². The molecule has 0 aliphatic rings. The van der Waals surface area contributed by atoms with Gasteiger partial charge in [0.1, 0.15) is 18.2 Å². The van der Waals surface area contributed by atoms with Crippen molar-refractivity contribution < 1.29 is 9.13 Å². The Labute approximate surface area is 116 Å². The third-order valence-corrected chi connectivity index (χ3v) is 2.72. The van der Waals surface area contributed by atoms with E-state index >= 15 is 0 Å². The zero-order valence-electron chi connectivity index (χ0n) is 10.6. The van der Waals surface area contributed by atoms with Crippen LogP contribution in [0.15, 0.2) is 36.7 Å². The molecule has 19 heavy (non-hydrogen) atoms. The zero-order chi connectivity index (χ0) is 13.7. The molecule has 2 aromatic rings. The molecule has 1 heterocycles. The molecular weight excluding hydrogens is 269 g/mol. The van der Waals surface area contributed by atoms with Crippen molar-refractivity contribution in [1.82, 2.24) is 14.7 Å². The van der Waals surface area contributed by atoms with Gasteiger partial charge in [0, 0.05) is 18.8 Å². The summed E-state index contributed by atoms with van der Waals surface area (Å²) in [5.41, 5.74) is 0. The summed E-state index contributed by atoms with van der Waals surface area (Å²) in [6.45, 7) is 1.81. The molecule has 1 aromatic carbocycles. The third-order valence-electron chi connectivity index (χ3n) is 2.53. The lowest BCUT2D eigenvalue weighted by molar-refractivity contribution is 0.199. The maximum absolute atomic E-state index is 12.9. The van der Waals surface area contributed by atoms with E-state index in [2.05, 4.69) is 5.10 Å². The molecule has 4 nitrogen and oxygen atoms in total. The molecule has 0 bridgehead atoms. The van der Waals surface area contributed by atoms with Crippen molar-refractivity contribution in [2.24, 2.45) is 0 Å². The van der Waals surface area contributed by atoms with Crippen molar-refractivity contribution in [2.45, 2.75) is 6.67 Å². The largest absolute Gasteiger partial charge is 0.492 e. The summed E-state index contributed by atoms with van der Waals surface area (Å²) in [6.07, 6.45) is 3.35. The van der Waals surface area contributed by atoms with E-state index in [-0.39, 0.29) is 5.82 Å². The van der Waals surface area contributed by atoms with Gasteiger partial charge < -0.3 is 4.74 Å². The van der Waals surface area contributed by atoms with Gasteiger partial charge in [-0.15, -0.1) is 0 Å². The fourth-order valence-corrected chi connectivity index (χ4v) is 1.77. The van der Waals surface area contributed by atoms with Gasteiger partial charge in [-0.2, -0.15) is 5.10 Å². The van der Waals surface area contributed by atoms with Crippen LogP contribution in [-0.4, -0.2) is 34.9 Å². The van der Waals surface area contributed by atoms with E-state index in [4.69, 9.17) is 16.3 Å². The fourth-order valence-electron chi connectivity index (χ4n) is 1.61. The molecule has 2 rings (SSSR count). The molecule has 0 aliphatic carbocycles. The first kappa shape index (κ1) is 13.8. The molecule has 1 aromatic heterocycles. The van der Waals surface area contributed by atoms with E-state index in [1.54, 1.807) is 29.2 Å². The molecular formula is C13H15ClFN3O. The van der Waals surface area contributed by atoms with Crippen molar-refractivity contribution in [3.05, 3.63) is 47.5 Å². The first-order valence-electron chi connectivity index (χ1n) is 5.88. The second kappa shape index (κ2) is 6.54. The normalized spacial score (nSPS) is 10.9. The van der Waals surface area contributed by atoms with Crippen LogP contribution >= 0.6 is 11.6 Å². The van der Waals surface area contributed by atoms with Gasteiger partial charge >= 0.3 is 0 Å². The SMILES string of the molecule is CN(CCOc1cccc(F)c1)Cn1cc(Cl)cn1. The molecule has 0 saturated heterocycles. The van der Waals surface area contributed by atoms with Crippen molar-refractivity contribution >= 4 is 11.6 Å². The monoisotopic (exact) mass is 283 g/mol. The third kappa shape index (κ3) is 4.54. The number of ether oxygens (including phenoxy) is 1. The molecule has 0 atom stereocenters. The number of likely N-dealkylation sites (N-methyl/N-ethyl adjacent to an activating group) is 1. The highest BCUT2D eigenvalue weighted by Crippen LogP contribution is 2.11. The summed E-state index contributed by atoms with van der Waals surface area (Å²) in [6, 6.07) is 6.12. The number of aromatic nitrogens is 2. The fraction of sp³-hybridized carbons (Fsp3) is 0.308. The topological polar surface area (TPSA) is 30.3 Å². The van der Waals surface area contributed by atoms with Gasteiger partial charge in [0.25, 0.3) is 0 Å². The van der Waals surface area contributed by atoms with Gasteiger partial charge in [-0.05, 0) is 19.2 Å². The minimum atomic E-state index is -0.294. The predicted molar refractivity (Wildman–Crippen MR) is 71.8 cm³/mol. The lowest BCUT2D eigenvalue weighted by Crippen LogP contribution is -2.27. The standard InChI is InChI=1S/C13H15ClFN3O/c1-17(10-18-9-11(14)8-16-18)5-6-19-13-4-2-3-12(15)7-13/h2-4,7-9H,5-6,10H2,1H3. The van der Waals surface area contributed by atoms with Crippen molar-refractivity contribution in [3.63, 3.8) is 0 Å². The van der Waals surface area contributed by atoms with Crippen LogP contribution in [0.25, 0.3) is 0 Å². The summed E-state index contributed by atoms with van der Waals surface area (Å²) < 4.78 is 20.1. The number of halogens is 2. The number of hydrogen-bond acceptors (Lipinski definition) is 3. The summed E-state index contributed by atoms with van der Waals surface area (Å²) >= 11 is 5.78. The predicted octanol–water partition coefficient (Wildman–Crippen LogP) is 2.64. The van der Waals surface area contributed by atoms with Crippen molar-refractivity contribution in [2.75, 3.05) is 20.2 Å². The molecule has 102 valence electrons. The second-order valence-corrected chi connectivity index (χ2v) is 4.66. The average molecular weight is 284 g/mol. The van der Waals surface area contributed by atoms with Crippen molar-refractivity contribution in [1.29, 1.82) is 0 Å². The summed E-state index contributed by atoms with van der Waals surface area (Å²) in [5, 5.41) is 4.70.